The molecule has 36 heavy (non-hydrogen) atoms. The molecule has 0 radical (unpaired) electrons. The van der Waals surface area contributed by atoms with Crippen LogP contribution in [-0.2, 0) is 4.79 Å². The molecule has 0 spiro atoms. The molecule has 4 N–H and O–H groups in total. The van der Waals surface area contributed by atoms with E-state index in [0.29, 0.717) is 35.0 Å². The van der Waals surface area contributed by atoms with E-state index < -0.39 is 12.0 Å². The number of aliphatic hydroxyl groups is 1. The number of likely N-dealkylation sites (tertiary alicyclic amines) is 1. The van der Waals surface area contributed by atoms with Crippen molar-refractivity contribution in [2.75, 3.05) is 17.6 Å². The summed E-state index contributed by atoms with van der Waals surface area (Å²) in [6, 6.07) is 9.34. The number of hydrogen-bond acceptors (Lipinski definition) is 7. The molecule has 1 aliphatic heterocycles. The van der Waals surface area contributed by atoms with E-state index in [0.717, 1.165) is 12.8 Å². The van der Waals surface area contributed by atoms with Gasteiger partial charge in [0.15, 0.2) is 6.23 Å². The molecule has 2 unspecified atom stereocenters. The van der Waals surface area contributed by atoms with Gasteiger partial charge in [0.1, 0.15) is 34.5 Å². The lowest BCUT2D eigenvalue weighted by Crippen LogP contribution is -2.30. The average Bonchev–Trinajstić information content (AvgIpc) is 3.50. The van der Waals surface area contributed by atoms with Gasteiger partial charge in [-0.15, -0.1) is 0 Å². The van der Waals surface area contributed by atoms with E-state index in [1.165, 1.54) is 12.1 Å². The first-order valence-electron chi connectivity index (χ1n) is 11.5. The maximum absolute atomic E-state index is 15.2. The molecular weight excluding hydrogens is 461 g/mol. The number of nitrogen functional groups attached to an aromatic ring is 1. The summed E-state index contributed by atoms with van der Waals surface area (Å²) >= 11 is 0. The number of nitrogens with zero attached hydrogens (tertiary/aromatic N) is 5. The van der Waals surface area contributed by atoms with Crippen LogP contribution in [0.3, 0.4) is 0 Å². The molecule has 1 aromatic carbocycles. The van der Waals surface area contributed by atoms with Gasteiger partial charge >= 0.3 is 0 Å². The SMILES string of the molecule is CC#CC(=O)N1CCCC1c1nc(-c2ccc(C(O)Nc3ccccn3)c(F)c2)c2c(N)nccn12. The van der Waals surface area contributed by atoms with Crippen LogP contribution in [0.25, 0.3) is 16.8 Å². The van der Waals surface area contributed by atoms with Gasteiger partial charge in [0.05, 0.1) is 6.04 Å². The van der Waals surface area contributed by atoms with Crippen molar-refractivity contribution in [2.24, 2.45) is 0 Å². The Morgan fingerprint density at radius 3 is 2.89 bits per heavy atom. The molecule has 1 saturated heterocycles. The van der Waals surface area contributed by atoms with Crippen LogP contribution in [0.2, 0.25) is 0 Å². The van der Waals surface area contributed by atoms with Crippen LogP contribution in [0, 0.1) is 17.7 Å². The second-order valence-electron chi connectivity index (χ2n) is 8.38. The third-order valence-corrected chi connectivity index (χ3v) is 6.17. The predicted molar refractivity (Wildman–Crippen MR) is 133 cm³/mol. The number of fused-ring (bicyclic) bond motifs is 1. The largest absolute Gasteiger partial charge is 0.382 e. The minimum Gasteiger partial charge on any atom is -0.382 e. The third kappa shape index (κ3) is 4.21. The lowest BCUT2D eigenvalue weighted by molar-refractivity contribution is -0.126. The van der Waals surface area contributed by atoms with Gasteiger partial charge in [0.25, 0.3) is 5.91 Å². The standard InChI is InChI=1S/C26H24FN7O2/c1-2-6-21(35)33-13-5-7-19(33)25-32-22(23-24(28)30-12-14-34(23)25)16-9-10-17(18(27)15-16)26(36)31-20-8-3-4-11-29-20/h3-4,8-12,14-15,19,26,36H,5,7,13H2,1H3,(H2,28,30)(H,29,31). The Balaban J connectivity index is 1.54. The number of aromatic nitrogens is 4. The lowest BCUT2D eigenvalue weighted by atomic mass is 10.1. The van der Waals surface area contributed by atoms with Crippen LogP contribution in [-0.4, -0.2) is 41.8 Å². The van der Waals surface area contributed by atoms with E-state index in [1.54, 1.807) is 59.1 Å². The second kappa shape index (κ2) is 9.64. The van der Waals surface area contributed by atoms with Gasteiger partial charge < -0.3 is 21.1 Å². The number of halogens is 1. The minimum atomic E-state index is -1.30. The smallest absolute Gasteiger partial charge is 0.299 e. The molecule has 5 rings (SSSR count). The Kier molecular flexibility index (Phi) is 6.23. The first kappa shape index (κ1) is 23.3. The van der Waals surface area contributed by atoms with Crippen molar-refractivity contribution in [3.63, 3.8) is 0 Å². The number of nitrogens with two attached hydrogens (primary N) is 1. The molecule has 0 aliphatic carbocycles. The molecule has 0 bridgehead atoms. The summed E-state index contributed by atoms with van der Waals surface area (Å²) in [5.74, 6) is 5.65. The van der Waals surface area contributed by atoms with E-state index in [2.05, 4.69) is 27.1 Å². The molecule has 182 valence electrons. The van der Waals surface area contributed by atoms with Crippen LogP contribution < -0.4 is 11.1 Å². The van der Waals surface area contributed by atoms with E-state index in [9.17, 15) is 9.90 Å². The van der Waals surface area contributed by atoms with Crippen LogP contribution in [0.5, 0.6) is 0 Å². The molecule has 1 amide bonds. The number of benzene rings is 1. The molecular formula is C26H24FN7O2. The van der Waals surface area contributed by atoms with Crippen molar-refractivity contribution < 1.29 is 14.3 Å². The fourth-order valence-corrected chi connectivity index (χ4v) is 4.54. The lowest BCUT2D eigenvalue weighted by Gasteiger charge is -2.21. The van der Waals surface area contributed by atoms with Crippen LogP contribution >= 0.6 is 0 Å². The summed E-state index contributed by atoms with van der Waals surface area (Å²) in [6.07, 6.45) is 5.10. The highest BCUT2D eigenvalue weighted by atomic mass is 19.1. The number of carbonyl (C=O) groups excluding carboxylic acids is 1. The summed E-state index contributed by atoms with van der Waals surface area (Å²) in [4.78, 5) is 27.4. The van der Waals surface area contributed by atoms with Crippen molar-refractivity contribution in [3.05, 3.63) is 72.2 Å². The monoisotopic (exact) mass is 485 g/mol. The zero-order valence-corrected chi connectivity index (χ0v) is 19.5. The van der Waals surface area contributed by atoms with E-state index >= 15 is 4.39 Å². The molecule has 1 fully saturated rings. The van der Waals surface area contributed by atoms with Gasteiger partial charge in [0, 0.05) is 36.3 Å². The molecule has 1 aliphatic rings. The van der Waals surface area contributed by atoms with Crippen molar-refractivity contribution in [1.29, 1.82) is 0 Å². The number of pyridine rings is 1. The summed E-state index contributed by atoms with van der Waals surface area (Å²) in [7, 11) is 0. The van der Waals surface area contributed by atoms with E-state index in [1.807, 2.05) is 0 Å². The maximum Gasteiger partial charge on any atom is 0.299 e. The number of carbonyl (C=O) groups is 1. The van der Waals surface area contributed by atoms with Crippen LogP contribution in [0.1, 0.15) is 43.4 Å². The first-order valence-corrected chi connectivity index (χ1v) is 11.5. The van der Waals surface area contributed by atoms with Gasteiger partial charge in [0.2, 0.25) is 0 Å². The number of imidazole rings is 1. The Hall–Kier alpha value is -4.49. The first-order chi connectivity index (χ1) is 17.5. The van der Waals surface area contributed by atoms with Crippen LogP contribution in [0.4, 0.5) is 16.0 Å². The molecule has 3 aromatic heterocycles. The number of rotatable bonds is 5. The van der Waals surface area contributed by atoms with E-state index in [4.69, 9.17) is 10.7 Å². The zero-order valence-electron chi connectivity index (χ0n) is 19.5. The highest BCUT2D eigenvalue weighted by Crippen LogP contribution is 2.37. The molecule has 10 heteroatoms. The summed E-state index contributed by atoms with van der Waals surface area (Å²) < 4.78 is 17.0. The predicted octanol–water partition coefficient (Wildman–Crippen LogP) is 3.30. The molecule has 0 saturated carbocycles. The fourth-order valence-electron chi connectivity index (χ4n) is 4.54. The van der Waals surface area contributed by atoms with Gasteiger partial charge in [-0.1, -0.05) is 24.1 Å². The minimum absolute atomic E-state index is 0.0601. The Labute approximate surface area is 206 Å². The van der Waals surface area contributed by atoms with Crippen molar-refractivity contribution in [2.45, 2.75) is 32.0 Å². The van der Waals surface area contributed by atoms with Gasteiger partial charge in [-0.05, 0) is 43.9 Å². The normalized spacial score (nSPS) is 16.0. The average molecular weight is 486 g/mol. The van der Waals surface area contributed by atoms with Gasteiger partial charge in [-0.2, -0.15) is 0 Å². The molecule has 4 heterocycles. The Morgan fingerprint density at radius 2 is 2.14 bits per heavy atom. The molecule has 4 aromatic rings. The number of nitrogens with one attached hydrogen (secondary N) is 1. The third-order valence-electron chi connectivity index (χ3n) is 6.17. The van der Waals surface area contributed by atoms with Crippen molar-refractivity contribution in [3.8, 4) is 23.1 Å². The maximum atomic E-state index is 15.2. The number of anilines is 2. The zero-order chi connectivity index (χ0) is 25.2. The van der Waals surface area contributed by atoms with Gasteiger partial charge in [-0.3, -0.25) is 9.20 Å². The van der Waals surface area contributed by atoms with Crippen molar-refractivity contribution >= 4 is 23.1 Å². The summed E-state index contributed by atoms with van der Waals surface area (Å²) in [5.41, 5.74) is 7.71. The number of hydrogen-bond donors (Lipinski definition) is 3. The molecule has 2 atom stereocenters. The van der Waals surface area contributed by atoms with Crippen LogP contribution in [0.15, 0.2) is 55.0 Å². The van der Waals surface area contributed by atoms with Crippen molar-refractivity contribution in [1.82, 2.24) is 24.3 Å². The number of amides is 1. The second-order valence-corrected chi connectivity index (χ2v) is 8.38. The molecule has 9 nitrogen and oxygen atoms in total. The highest BCUT2D eigenvalue weighted by molar-refractivity contribution is 5.94. The highest BCUT2D eigenvalue weighted by Gasteiger charge is 2.33. The summed E-state index contributed by atoms with van der Waals surface area (Å²) in [5, 5.41) is 13.3. The van der Waals surface area contributed by atoms with E-state index in [-0.39, 0.29) is 23.3 Å². The number of aliphatic hydroxyl groups excluding tert-OH is 1. The topological polar surface area (TPSA) is 122 Å². The Bertz CT molecular complexity index is 1490. The summed E-state index contributed by atoms with van der Waals surface area (Å²) in [6.45, 7) is 2.20. The Morgan fingerprint density at radius 1 is 1.28 bits per heavy atom. The quantitative estimate of drug-likeness (QED) is 0.293. The fraction of sp³-hybridized carbons (Fsp3) is 0.231. The van der Waals surface area contributed by atoms with Gasteiger partial charge in [-0.25, -0.2) is 19.3 Å².